The van der Waals surface area contributed by atoms with Gasteiger partial charge in [-0.05, 0) is 30.4 Å². The fraction of sp³-hybridized carbons (Fsp3) is 0.520. The number of amides is 3. The molecule has 5 unspecified atom stereocenters. The summed E-state index contributed by atoms with van der Waals surface area (Å²) in [6.45, 7) is 3.35. The summed E-state index contributed by atoms with van der Waals surface area (Å²) in [4.78, 5) is 55.4. The van der Waals surface area contributed by atoms with Gasteiger partial charge in [0.25, 0.3) is 0 Å². The monoisotopic (exact) mass is 501 g/mol. The highest BCUT2D eigenvalue weighted by molar-refractivity contribution is 5.95. The molecule has 1 aliphatic heterocycles. The topological polar surface area (TPSA) is 178 Å². The van der Waals surface area contributed by atoms with Crippen LogP contribution in [0.25, 0.3) is 10.9 Å². The fourth-order valence-electron chi connectivity index (χ4n) is 4.53. The van der Waals surface area contributed by atoms with E-state index in [2.05, 4.69) is 15.6 Å². The number of nitrogens with zero attached hydrogens (tertiary/aromatic N) is 1. The summed E-state index contributed by atoms with van der Waals surface area (Å²) in [5, 5.41) is 25.1. The molecule has 3 rings (SSSR count). The standard InChI is InChI=1S/C25H35N5O6/c1-3-14(2)21(25(35)36)29-22(32)19(11-15-12-27-18-8-5-4-7-16(15)18)28-23(33)20-9-6-10-30(20)24(34)17(26)13-31/h4-5,7-8,12,14,17,19-21,27,31H,3,6,9-11,13,26H2,1-2H3,(H,28,33)(H,29,32)(H,35,36). The van der Waals surface area contributed by atoms with E-state index in [9.17, 15) is 29.4 Å². The van der Waals surface area contributed by atoms with Gasteiger partial charge in [0.15, 0.2) is 0 Å². The van der Waals surface area contributed by atoms with Crippen LogP contribution in [0.3, 0.4) is 0 Å². The number of aliphatic hydroxyl groups is 1. The van der Waals surface area contributed by atoms with Crippen molar-refractivity contribution in [3.05, 3.63) is 36.0 Å². The first-order chi connectivity index (χ1) is 17.2. The number of benzene rings is 1. The van der Waals surface area contributed by atoms with E-state index in [0.29, 0.717) is 25.8 Å². The number of rotatable bonds is 11. The first-order valence-electron chi connectivity index (χ1n) is 12.2. The van der Waals surface area contributed by atoms with E-state index < -0.39 is 54.5 Å². The van der Waals surface area contributed by atoms with Gasteiger partial charge in [-0.3, -0.25) is 14.4 Å². The van der Waals surface area contributed by atoms with Gasteiger partial charge in [-0.1, -0.05) is 38.5 Å². The third-order valence-corrected chi connectivity index (χ3v) is 6.86. The molecule has 0 aliphatic carbocycles. The number of aliphatic hydroxyl groups excluding tert-OH is 1. The third kappa shape index (κ3) is 6.03. The van der Waals surface area contributed by atoms with E-state index in [1.165, 1.54) is 4.90 Å². The summed E-state index contributed by atoms with van der Waals surface area (Å²) in [6, 6.07) is 3.37. The van der Waals surface area contributed by atoms with Crippen LogP contribution >= 0.6 is 0 Å². The van der Waals surface area contributed by atoms with Crippen molar-refractivity contribution in [3.63, 3.8) is 0 Å². The molecular formula is C25H35N5O6. The zero-order valence-electron chi connectivity index (χ0n) is 20.6. The molecule has 1 aliphatic rings. The van der Waals surface area contributed by atoms with Gasteiger partial charge in [-0.25, -0.2) is 4.79 Å². The van der Waals surface area contributed by atoms with Crippen molar-refractivity contribution in [3.8, 4) is 0 Å². The number of carboxylic acid groups (broad SMARTS) is 1. The van der Waals surface area contributed by atoms with Gasteiger partial charge in [0.2, 0.25) is 17.7 Å². The predicted octanol–water partition coefficient (Wildman–Crippen LogP) is 0.121. The molecule has 1 aromatic heterocycles. The highest BCUT2D eigenvalue weighted by Crippen LogP contribution is 2.21. The van der Waals surface area contributed by atoms with Crippen molar-refractivity contribution in [1.29, 1.82) is 0 Å². The average molecular weight is 502 g/mol. The Morgan fingerprint density at radius 1 is 1.22 bits per heavy atom. The molecule has 11 nitrogen and oxygen atoms in total. The number of carbonyl (C=O) groups is 4. The van der Waals surface area contributed by atoms with Gasteiger partial charge >= 0.3 is 5.97 Å². The Kier molecular flexibility index (Phi) is 9.05. The lowest BCUT2D eigenvalue weighted by molar-refractivity contribution is -0.144. The van der Waals surface area contributed by atoms with Crippen molar-refractivity contribution >= 4 is 34.6 Å². The number of nitrogens with two attached hydrogens (primary N) is 1. The molecule has 5 atom stereocenters. The van der Waals surface area contributed by atoms with Gasteiger partial charge in [0.05, 0.1) is 6.61 Å². The zero-order chi connectivity index (χ0) is 26.4. The molecule has 11 heteroatoms. The van der Waals surface area contributed by atoms with E-state index in [1.807, 2.05) is 31.2 Å². The van der Waals surface area contributed by atoms with E-state index >= 15 is 0 Å². The van der Waals surface area contributed by atoms with Crippen molar-refractivity contribution in [2.45, 2.75) is 63.7 Å². The summed E-state index contributed by atoms with van der Waals surface area (Å²) >= 11 is 0. The lowest BCUT2D eigenvalue weighted by Crippen LogP contribution is -2.58. The number of aromatic nitrogens is 1. The smallest absolute Gasteiger partial charge is 0.326 e. The highest BCUT2D eigenvalue weighted by Gasteiger charge is 2.38. The maximum atomic E-state index is 13.3. The number of hydrogen-bond donors (Lipinski definition) is 6. The molecule has 0 bridgehead atoms. The molecule has 1 aromatic carbocycles. The Morgan fingerprint density at radius 2 is 1.94 bits per heavy atom. The molecule has 36 heavy (non-hydrogen) atoms. The van der Waals surface area contributed by atoms with Crippen LogP contribution in [0.5, 0.6) is 0 Å². The first-order valence-corrected chi connectivity index (χ1v) is 12.2. The maximum Gasteiger partial charge on any atom is 0.326 e. The van der Waals surface area contributed by atoms with Crippen molar-refractivity contribution in [2.24, 2.45) is 11.7 Å². The first kappa shape index (κ1) is 27.2. The van der Waals surface area contributed by atoms with Crippen molar-refractivity contribution in [2.75, 3.05) is 13.2 Å². The number of nitrogens with one attached hydrogen (secondary N) is 3. The molecule has 0 radical (unpaired) electrons. The number of hydrogen-bond acceptors (Lipinski definition) is 6. The fourth-order valence-corrected chi connectivity index (χ4v) is 4.53. The second-order valence-electron chi connectivity index (χ2n) is 9.31. The van der Waals surface area contributed by atoms with Crippen LogP contribution in [-0.4, -0.2) is 81.1 Å². The summed E-state index contributed by atoms with van der Waals surface area (Å²) in [5.74, 6) is -3.15. The highest BCUT2D eigenvalue weighted by atomic mass is 16.4. The molecule has 2 aromatic rings. The second-order valence-corrected chi connectivity index (χ2v) is 9.31. The Balaban J connectivity index is 1.85. The van der Waals surface area contributed by atoms with Crippen LogP contribution in [-0.2, 0) is 25.6 Å². The lowest BCUT2D eigenvalue weighted by Gasteiger charge is -2.29. The lowest BCUT2D eigenvalue weighted by atomic mass is 9.98. The van der Waals surface area contributed by atoms with Gasteiger partial charge < -0.3 is 36.5 Å². The molecule has 196 valence electrons. The SMILES string of the molecule is CCC(C)C(NC(=O)C(Cc1c[nH]c2ccccc12)NC(=O)C1CCCN1C(=O)C(N)CO)C(=O)O. The molecule has 1 fully saturated rings. The van der Waals surface area contributed by atoms with Crippen LogP contribution in [0.1, 0.15) is 38.7 Å². The average Bonchev–Trinajstić information content (AvgIpc) is 3.52. The number of carboxylic acids is 1. The molecule has 1 saturated heterocycles. The number of fused-ring (bicyclic) bond motifs is 1. The Morgan fingerprint density at radius 3 is 2.61 bits per heavy atom. The number of H-pyrrole nitrogens is 1. The number of carbonyl (C=O) groups excluding carboxylic acids is 3. The van der Waals surface area contributed by atoms with Crippen LogP contribution in [0.15, 0.2) is 30.5 Å². The van der Waals surface area contributed by atoms with E-state index in [-0.39, 0.29) is 12.3 Å². The molecule has 2 heterocycles. The minimum atomic E-state index is -1.15. The van der Waals surface area contributed by atoms with Gasteiger partial charge in [0.1, 0.15) is 24.2 Å². The second kappa shape index (κ2) is 12.0. The van der Waals surface area contributed by atoms with Crippen LogP contribution in [0.4, 0.5) is 0 Å². The molecule has 0 saturated carbocycles. The van der Waals surface area contributed by atoms with Gasteiger partial charge in [-0.2, -0.15) is 0 Å². The van der Waals surface area contributed by atoms with E-state index in [0.717, 1.165) is 16.5 Å². The van der Waals surface area contributed by atoms with Gasteiger partial charge in [0, 0.05) is 30.1 Å². The van der Waals surface area contributed by atoms with E-state index in [1.54, 1.807) is 13.1 Å². The molecule has 0 spiro atoms. The summed E-state index contributed by atoms with van der Waals surface area (Å²) in [6.07, 6.45) is 3.39. The predicted molar refractivity (Wildman–Crippen MR) is 133 cm³/mol. The molecular weight excluding hydrogens is 466 g/mol. The third-order valence-electron chi connectivity index (χ3n) is 6.86. The van der Waals surface area contributed by atoms with Crippen molar-refractivity contribution < 1.29 is 29.4 Å². The minimum Gasteiger partial charge on any atom is -0.480 e. The Hall–Kier alpha value is -3.44. The minimum absolute atomic E-state index is 0.116. The van der Waals surface area contributed by atoms with Crippen LogP contribution in [0, 0.1) is 5.92 Å². The van der Waals surface area contributed by atoms with Gasteiger partial charge in [-0.15, -0.1) is 0 Å². The number of likely N-dealkylation sites (tertiary alicyclic amines) is 1. The Bertz CT molecular complexity index is 1100. The zero-order valence-corrected chi connectivity index (χ0v) is 20.6. The summed E-state index contributed by atoms with van der Waals surface area (Å²) < 4.78 is 0. The number of para-hydroxylation sites is 1. The number of aromatic amines is 1. The number of aliphatic carboxylic acids is 1. The summed E-state index contributed by atoms with van der Waals surface area (Å²) in [7, 11) is 0. The normalized spacial score (nSPS) is 18.9. The van der Waals surface area contributed by atoms with Crippen LogP contribution < -0.4 is 16.4 Å². The molecule has 7 N–H and O–H groups in total. The van der Waals surface area contributed by atoms with E-state index in [4.69, 9.17) is 5.73 Å². The quantitative estimate of drug-likeness (QED) is 0.253. The summed E-state index contributed by atoms with van der Waals surface area (Å²) in [5.41, 5.74) is 7.33. The molecule has 3 amide bonds. The van der Waals surface area contributed by atoms with Crippen molar-refractivity contribution in [1.82, 2.24) is 20.5 Å². The van der Waals surface area contributed by atoms with Crippen LogP contribution in [0.2, 0.25) is 0 Å². The maximum absolute atomic E-state index is 13.3. The largest absolute Gasteiger partial charge is 0.480 e. The Labute approximate surface area is 209 Å².